The van der Waals surface area contributed by atoms with Crippen molar-refractivity contribution in [3.05, 3.63) is 41.0 Å². The number of aromatic nitrogens is 4. The molecule has 4 rings (SSSR count). The summed E-state index contributed by atoms with van der Waals surface area (Å²) < 4.78 is 19.6. The third-order valence-electron chi connectivity index (χ3n) is 5.42. The maximum Gasteiger partial charge on any atom is 0.355 e. The third kappa shape index (κ3) is 5.40. The van der Waals surface area contributed by atoms with Crippen molar-refractivity contribution in [1.29, 1.82) is 0 Å². The van der Waals surface area contributed by atoms with Crippen LogP contribution in [-0.2, 0) is 16.7 Å². The summed E-state index contributed by atoms with van der Waals surface area (Å²) in [6.45, 7) is 9.18. The highest BCUT2D eigenvalue weighted by Crippen LogP contribution is 2.28. The normalized spacial score (nSPS) is 13.9. The summed E-state index contributed by atoms with van der Waals surface area (Å²) >= 11 is 0. The zero-order valence-corrected chi connectivity index (χ0v) is 20.5. The van der Waals surface area contributed by atoms with Crippen LogP contribution in [0.15, 0.2) is 24.3 Å². The second-order valence-electron chi connectivity index (χ2n) is 9.19. The van der Waals surface area contributed by atoms with E-state index < -0.39 is 0 Å². The van der Waals surface area contributed by atoms with Crippen molar-refractivity contribution < 1.29 is 41.2 Å². The molecule has 0 aliphatic carbocycles. The van der Waals surface area contributed by atoms with E-state index in [0.29, 0.717) is 36.1 Å². The lowest BCUT2D eigenvalue weighted by Crippen LogP contribution is -3.00. The number of hydrogen-bond acceptors (Lipinski definition) is 8. The maximum absolute atomic E-state index is 13.3. The van der Waals surface area contributed by atoms with Crippen molar-refractivity contribution in [3.63, 3.8) is 0 Å². The number of halogens is 1. The Kier molecular flexibility index (Phi) is 7.64. The van der Waals surface area contributed by atoms with Crippen LogP contribution in [0.25, 0.3) is 5.65 Å². The number of Topliss-reactive ketones (excluding diaryl/α,β-unsaturated/α-hetero) is 1. The number of carbonyl (C=O) groups is 1. The molecule has 11 heteroatoms. The molecule has 1 aromatic carbocycles. The van der Waals surface area contributed by atoms with Crippen LogP contribution in [0, 0.1) is 6.92 Å². The van der Waals surface area contributed by atoms with Gasteiger partial charge in [-0.3, -0.25) is 4.79 Å². The summed E-state index contributed by atoms with van der Waals surface area (Å²) in [6.07, 6.45) is -0.0230. The standard InChI is InChI=1S/C23H30N5O5.ClH/c1-14-7-20(33-18-12-31-13-18)25-28-21(14)27(26-22(28)24)11-19(30)15-8-16(23(2,3)4)10-17(9-15)32-6-5-29;/h7-10,18,29H,5-6,11-13H2,1-4H3,(H2,24,26);1H/q+1;/p-1. The fourth-order valence-corrected chi connectivity index (χ4v) is 3.57. The SMILES string of the molecule is Cc1cc(OC2COC2)nn2c(N)n[n+](CC(=O)c3cc(OCCO)cc(C(C)(C)C)c3)c12.[Cl-]. The van der Waals surface area contributed by atoms with Crippen molar-refractivity contribution in [1.82, 2.24) is 14.7 Å². The van der Waals surface area contributed by atoms with Crippen LogP contribution in [0.1, 0.15) is 42.3 Å². The lowest BCUT2D eigenvalue weighted by molar-refractivity contribution is -0.714. The lowest BCUT2D eigenvalue weighted by Gasteiger charge is -2.25. The van der Waals surface area contributed by atoms with E-state index in [4.69, 9.17) is 25.1 Å². The summed E-state index contributed by atoms with van der Waals surface area (Å²) in [6, 6.07) is 7.25. The first-order chi connectivity index (χ1) is 15.7. The molecular weight excluding hydrogens is 462 g/mol. The van der Waals surface area contributed by atoms with Crippen molar-refractivity contribution in [3.8, 4) is 11.6 Å². The molecule has 184 valence electrons. The largest absolute Gasteiger partial charge is 1.00 e. The maximum atomic E-state index is 13.3. The van der Waals surface area contributed by atoms with Crippen LogP contribution < -0.4 is 32.3 Å². The summed E-state index contributed by atoms with van der Waals surface area (Å²) in [5, 5.41) is 17.9. The third-order valence-corrected chi connectivity index (χ3v) is 5.42. The molecule has 0 spiro atoms. The zero-order valence-electron chi connectivity index (χ0n) is 19.7. The van der Waals surface area contributed by atoms with Crippen LogP contribution in [0.3, 0.4) is 0 Å². The van der Waals surface area contributed by atoms with Gasteiger partial charge in [-0.25, -0.2) is 0 Å². The minimum Gasteiger partial charge on any atom is -1.00 e. The highest BCUT2D eigenvalue weighted by Gasteiger charge is 2.28. The van der Waals surface area contributed by atoms with Crippen LogP contribution >= 0.6 is 0 Å². The Morgan fingerprint density at radius 3 is 2.65 bits per heavy atom. The monoisotopic (exact) mass is 491 g/mol. The van der Waals surface area contributed by atoms with Gasteiger partial charge in [0.25, 0.3) is 5.88 Å². The van der Waals surface area contributed by atoms with E-state index in [1.807, 2.05) is 19.1 Å². The number of aliphatic hydroxyl groups is 1. The number of fused-ring (bicyclic) bond motifs is 1. The number of nitrogens with zero attached hydrogens (tertiary/aromatic N) is 4. The van der Waals surface area contributed by atoms with Gasteiger partial charge in [0.15, 0.2) is 6.54 Å². The Morgan fingerprint density at radius 2 is 2.03 bits per heavy atom. The number of nitrogens with two attached hydrogens (primary N) is 1. The summed E-state index contributed by atoms with van der Waals surface area (Å²) in [5.74, 6) is 0.982. The number of carbonyl (C=O) groups excluding carboxylic acids is 1. The summed E-state index contributed by atoms with van der Waals surface area (Å²) in [4.78, 5) is 13.3. The molecule has 3 N–H and O–H groups in total. The fourth-order valence-electron chi connectivity index (χ4n) is 3.57. The molecule has 0 unspecified atom stereocenters. The summed E-state index contributed by atoms with van der Waals surface area (Å²) in [7, 11) is 0. The van der Waals surface area contributed by atoms with Gasteiger partial charge in [-0.1, -0.05) is 25.3 Å². The number of ether oxygens (including phenoxy) is 3. The van der Waals surface area contributed by atoms with E-state index in [1.54, 1.807) is 16.8 Å². The van der Waals surface area contributed by atoms with E-state index in [9.17, 15) is 4.79 Å². The molecule has 0 saturated carbocycles. The van der Waals surface area contributed by atoms with Gasteiger partial charge >= 0.3 is 11.6 Å². The van der Waals surface area contributed by atoms with Gasteiger partial charge in [0.05, 0.1) is 19.8 Å². The highest BCUT2D eigenvalue weighted by molar-refractivity contribution is 5.95. The van der Waals surface area contributed by atoms with Crippen LogP contribution in [0.4, 0.5) is 5.95 Å². The Labute approximate surface area is 204 Å². The first kappa shape index (κ1) is 25.7. The zero-order chi connectivity index (χ0) is 23.8. The van der Waals surface area contributed by atoms with Gasteiger partial charge in [-0.05, 0) is 46.3 Å². The number of ketones is 1. The number of aliphatic hydroxyl groups excluding tert-OH is 1. The van der Waals surface area contributed by atoms with Crippen molar-refractivity contribution in [2.45, 2.75) is 45.8 Å². The number of benzene rings is 1. The predicted octanol–water partition coefficient (Wildman–Crippen LogP) is -1.76. The molecular formula is C23H30ClN5O5. The Morgan fingerprint density at radius 1 is 1.29 bits per heavy atom. The smallest absolute Gasteiger partial charge is 0.355 e. The minimum atomic E-state index is -0.186. The molecule has 1 saturated heterocycles. The fraction of sp³-hybridized carbons (Fsp3) is 0.478. The second-order valence-corrected chi connectivity index (χ2v) is 9.19. The average molecular weight is 492 g/mol. The van der Waals surface area contributed by atoms with Crippen LogP contribution in [-0.4, -0.2) is 58.1 Å². The van der Waals surface area contributed by atoms with Gasteiger partial charge in [0.2, 0.25) is 5.78 Å². The van der Waals surface area contributed by atoms with Gasteiger partial charge in [-0.2, -0.15) is 0 Å². The topological polar surface area (TPSA) is 125 Å². The molecule has 0 radical (unpaired) electrons. The first-order valence-electron chi connectivity index (χ1n) is 10.9. The van der Waals surface area contributed by atoms with Crippen LogP contribution in [0.2, 0.25) is 0 Å². The van der Waals surface area contributed by atoms with Gasteiger partial charge in [-0.15, -0.1) is 4.68 Å². The summed E-state index contributed by atoms with van der Waals surface area (Å²) in [5.41, 5.74) is 8.81. The predicted molar refractivity (Wildman–Crippen MR) is 120 cm³/mol. The molecule has 1 aliphatic rings. The van der Waals surface area contributed by atoms with Crippen molar-refractivity contribution in [2.75, 3.05) is 32.2 Å². The number of anilines is 1. The molecule has 34 heavy (non-hydrogen) atoms. The van der Waals surface area contributed by atoms with E-state index in [0.717, 1.165) is 11.1 Å². The molecule has 0 atom stereocenters. The lowest BCUT2D eigenvalue weighted by atomic mass is 9.85. The molecule has 3 heterocycles. The Balaban J connectivity index is 0.00000324. The van der Waals surface area contributed by atoms with Crippen molar-refractivity contribution >= 4 is 17.4 Å². The molecule has 3 aromatic rings. The molecule has 0 amide bonds. The van der Waals surface area contributed by atoms with Gasteiger partial charge in [0.1, 0.15) is 18.5 Å². The van der Waals surface area contributed by atoms with Gasteiger partial charge < -0.3 is 37.5 Å². The number of nitrogen functional groups attached to an aromatic ring is 1. The average Bonchev–Trinajstić information content (AvgIpc) is 3.04. The Bertz CT molecular complexity index is 1190. The molecule has 2 aromatic heterocycles. The van der Waals surface area contributed by atoms with E-state index in [2.05, 4.69) is 31.0 Å². The molecule has 1 fully saturated rings. The number of rotatable bonds is 8. The molecule has 0 bridgehead atoms. The first-order valence-corrected chi connectivity index (χ1v) is 10.9. The van der Waals surface area contributed by atoms with Gasteiger partial charge in [0, 0.05) is 17.2 Å². The van der Waals surface area contributed by atoms with Crippen molar-refractivity contribution in [2.24, 2.45) is 0 Å². The minimum absolute atomic E-state index is 0. The Hall–Kier alpha value is -2.95. The number of hydrogen-bond donors (Lipinski definition) is 2. The number of aryl methyl sites for hydroxylation is 1. The quantitative estimate of drug-likeness (QED) is 0.280. The molecule has 1 aliphatic heterocycles. The van der Waals surface area contributed by atoms with Crippen LogP contribution in [0.5, 0.6) is 11.6 Å². The second kappa shape index (κ2) is 10.1. The van der Waals surface area contributed by atoms with E-state index in [-0.39, 0.29) is 55.4 Å². The van der Waals surface area contributed by atoms with E-state index >= 15 is 0 Å². The van der Waals surface area contributed by atoms with E-state index in [1.165, 1.54) is 4.52 Å². The highest BCUT2D eigenvalue weighted by atomic mass is 35.5. The molecule has 10 nitrogen and oxygen atoms in total.